The summed E-state index contributed by atoms with van der Waals surface area (Å²) in [5, 5.41) is 8.62. The highest BCUT2D eigenvalue weighted by Gasteiger charge is 2.19. The number of hydrogen-bond donors (Lipinski definition) is 0. The van der Waals surface area contributed by atoms with E-state index in [1.807, 2.05) is 6.07 Å². The molecule has 6 nitrogen and oxygen atoms in total. The Labute approximate surface area is 179 Å². The SMILES string of the molecule is COc1cc(/C=C\C#N)ccc1OC(=O)c1ccc(C(=O)C(=O)c2ccccc2)cc1. The number of Topliss-reactive ketones (excluding diaryl/α,β-unsaturated/α-hetero) is 2. The van der Waals surface area contributed by atoms with Gasteiger partial charge >= 0.3 is 5.97 Å². The number of ether oxygens (including phenoxy) is 2. The Morgan fingerprint density at radius 2 is 1.42 bits per heavy atom. The molecule has 0 radical (unpaired) electrons. The van der Waals surface area contributed by atoms with Crippen LogP contribution in [0.25, 0.3) is 6.08 Å². The van der Waals surface area contributed by atoms with E-state index in [2.05, 4.69) is 0 Å². The Morgan fingerprint density at radius 1 is 0.806 bits per heavy atom. The molecule has 0 saturated carbocycles. The third kappa shape index (κ3) is 5.11. The zero-order valence-corrected chi connectivity index (χ0v) is 16.6. The van der Waals surface area contributed by atoms with Gasteiger partial charge in [0.05, 0.1) is 18.7 Å². The normalized spacial score (nSPS) is 10.3. The minimum absolute atomic E-state index is 0.177. The summed E-state index contributed by atoms with van der Waals surface area (Å²) >= 11 is 0. The molecule has 0 aromatic heterocycles. The van der Waals surface area contributed by atoms with Crippen LogP contribution < -0.4 is 9.47 Å². The van der Waals surface area contributed by atoms with E-state index in [9.17, 15) is 14.4 Å². The van der Waals surface area contributed by atoms with Crippen molar-refractivity contribution in [2.45, 2.75) is 0 Å². The number of nitrogens with zero attached hydrogens (tertiary/aromatic N) is 1. The number of methoxy groups -OCH3 is 1. The van der Waals surface area contributed by atoms with Crippen molar-refractivity contribution in [1.29, 1.82) is 5.26 Å². The Kier molecular flexibility index (Phi) is 6.71. The van der Waals surface area contributed by atoms with Crippen molar-refractivity contribution in [3.8, 4) is 17.6 Å². The summed E-state index contributed by atoms with van der Waals surface area (Å²) in [5.74, 6) is -1.39. The van der Waals surface area contributed by atoms with Crippen LogP contribution in [0.3, 0.4) is 0 Å². The van der Waals surface area contributed by atoms with E-state index in [1.54, 1.807) is 54.6 Å². The van der Waals surface area contributed by atoms with E-state index >= 15 is 0 Å². The van der Waals surface area contributed by atoms with Gasteiger partial charge in [-0.3, -0.25) is 9.59 Å². The fourth-order valence-electron chi connectivity index (χ4n) is 2.77. The molecule has 0 N–H and O–H groups in total. The highest BCUT2D eigenvalue weighted by molar-refractivity contribution is 6.49. The van der Waals surface area contributed by atoms with Crippen LogP contribution in [0.5, 0.6) is 11.5 Å². The summed E-state index contributed by atoms with van der Waals surface area (Å²) in [5.41, 5.74) is 1.40. The number of nitriles is 1. The van der Waals surface area contributed by atoms with Crippen LogP contribution in [0.2, 0.25) is 0 Å². The molecule has 0 saturated heterocycles. The predicted octanol–water partition coefficient (Wildman–Crippen LogP) is 4.52. The number of carbonyl (C=O) groups excluding carboxylic acids is 3. The highest BCUT2D eigenvalue weighted by atomic mass is 16.6. The molecular formula is C25H17NO5. The maximum atomic E-state index is 12.5. The Bertz CT molecular complexity index is 1190. The highest BCUT2D eigenvalue weighted by Crippen LogP contribution is 2.29. The van der Waals surface area contributed by atoms with Gasteiger partial charge in [-0.25, -0.2) is 4.79 Å². The van der Waals surface area contributed by atoms with Gasteiger partial charge in [0.2, 0.25) is 11.6 Å². The van der Waals surface area contributed by atoms with E-state index < -0.39 is 17.5 Å². The van der Waals surface area contributed by atoms with Crippen LogP contribution in [0.15, 0.2) is 78.9 Å². The first kappa shape index (κ1) is 21.2. The second-order valence-corrected chi connectivity index (χ2v) is 6.36. The van der Waals surface area contributed by atoms with Crippen molar-refractivity contribution < 1.29 is 23.9 Å². The van der Waals surface area contributed by atoms with Gasteiger partial charge in [-0.1, -0.05) is 48.5 Å². The average molecular weight is 411 g/mol. The number of hydrogen-bond acceptors (Lipinski definition) is 6. The molecule has 0 atom stereocenters. The first-order valence-corrected chi connectivity index (χ1v) is 9.24. The van der Waals surface area contributed by atoms with Gasteiger partial charge in [-0.15, -0.1) is 0 Å². The second kappa shape index (κ2) is 9.81. The Hall–Kier alpha value is -4.50. The van der Waals surface area contributed by atoms with Crippen molar-refractivity contribution in [3.05, 3.63) is 101 Å². The van der Waals surface area contributed by atoms with Crippen LogP contribution in [0.1, 0.15) is 36.6 Å². The smallest absolute Gasteiger partial charge is 0.343 e. The number of benzene rings is 3. The summed E-state index contributed by atoms with van der Waals surface area (Å²) in [6.45, 7) is 0. The lowest BCUT2D eigenvalue weighted by Crippen LogP contribution is -2.15. The summed E-state index contributed by atoms with van der Waals surface area (Å²) in [4.78, 5) is 37.2. The van der Waals surface area contributed by atoms with E-state index in [4.69, 9.17) is 14.7 Å². The molecule has 0 aliphatic heterocycles. The predicted molar refractivity (Wildman–Crippen MR) is 114 cm³/mol. The average Bonchev–Trinajstić information content (AvgIpc) is 2.83. The lowest BCUT2D eigenvalue weighted by molar-refractivity contribution is 0.0729. The van der Waals surface area contributed by atoms with Gasteiger partial charge in [0.15, 0.2) is 11.5 Å². The quantitative estimate of drug-likeness (QED) is 0.187. The topological polar surface area (TPSA) is 93.5 Å². The number of esters is 1. The Morgan fingerprint density at radius 3 is 2.03 bits per heavy atom. The molecule has 3 aromatic carbocycles. The van der Waals surface area contributed by atoms with Gasteiger partial charge in [-0.2, -0.15) is 5.26 Å². The third-order valence-electron chi connectivity index (χ3n) is 4.37. The van der Waals surface area contributed by atoms with Gasteiger partial charge in [0.1, 0.15) is 0 Å². The zero-order chi connectivity index (χ0) is 22.2. The molecular weight excluding hydrogens is 394 g/mol. The van der Waals surface area contributed by atoms with Gasteiger partial charge < -0.3 is 9.47 Å². The fraction of sp³-hybridized carbons (Fsp3) is 0.0400. The molecule has 3 rings (SSSR count). The number of carbonyl (C=O) groups is 3. The minimum Gasteiger partial charge on any atom is -0.493 e. The summed E-state index contributed by atoms with van der Waals surface area (Å²) < 4.78 is 10.6. The third-order valence-corrected chi connectivity index (χ3v) is 4.37. The van der Waals surface area contributed by atoms with Crippen molar-refractivity contribution in [1.82, 2.24) is 0 Å². The van der Waals surface area contributed by atoms with Crippen LogP contribution >= 0.6 is 0 Å². The van der Waals surface area contributed by atoms with Crippen molar-refractivity contribution in [2.24, 2.45) is 0 Å². The lowest BCUT2D eigenvalue weighted by atomic mass is 10.0. The maximum Gasteiger partial charge on any atom is 0.343 e. The van der Waals surface area contributed by atoms with Gasteiger partial charge in [-0.05, 0) is 35.9 Å². The first-order chi connectivity index (χ1) is 15.0. The molecule has 0 bridgehead atoms. The zero-order valence-electron chi connectivity index (χ0n) is 16.6. The van der Waals surface area contributed by atoms with Gasteiger partial charge in [0, 0.05) is 17.2 Å². The monoisotopic (exact) mass is 411 g/mol. The van der Waals surface area contributed by atoms with E-state index in [1.165, 1.54) is 37.5 Å². The van der Waals surface area contributed by atoms with Crippen molar-refractivity contribution >= 4 is 23.6 Å². The van der Waals surface area contributed by atoms with Crippen LogP contribution in [-0.4, -0.2) is 24.6 Å². The largest absolute Gasteiger partial charge is 0.493 e. The summed E-state index contributed by atoms with van der Waals surface area (Å²) in [6.07, 6.45) is 2.92. The molecule has 0 fully saturated rings. The molecule has 6 heteroatoms. The van der Waals surface area contributed by atoms with E-state index in [0.29, 0.717) is 16.9 Å². The Balaban J connectivity index is 1.74. The molecule has 0 spiro atoms. The molecule has 0 aliphatic carbocycles. The number of allylic oxidation sites excluding steroid dienone is 1. The molecule has 0 unspecified atom stereocenters. The van der Waals surface area contributed by atoms with Crippen LogP contribution in [0, 0.1) is 11.3 Å². The number of ketones is 2. The van der Waals surface area contributed by atoms with Crippen molar-refractivity contribution in [3.63, 3.8) is 0 Å². The fourth-order valence-corrected chi connectivity index (χ4v) is 2.77. The first-order valence-electron chi connectivity index (χ1n) is 9.24. The summed E-state index contributed by atoms with van der Waals surface area (Å²) in [6, 6.07) is 20.7. The molecule has 0 amide bonds. The standard InChI is InChI=1S/C25H17NO5/c1-30-22-16-17(6-5-15-26)9-14-21(22)31-25(29)20-12-10-19(11-13-20)24(28)23(27)18-7-3-2-4-8-18/h2-14,16H,1H3/b6-5-. The summed E-state index contributed by atoms with van der Waals surface area (Å²) in [7, 11) is 1.44. The second-order valence-electron chi connectivity index (χ2n) is 6.36. The van der Waals surface area contributed by atoms with Crippen molar-refractivity contribution in [2.75, 3.05) is 7.11 Å². The van der Waals surface area contributed by atoms with E-state index in [-0.39, 0.29) is 16.9 Å². The molecule has 0 heterocycles. The lowest BCUT2D eigenvalue weighted by Gasteiger charge is -2.10. The van der Waals surface area contributed by atoms with Crippen LogP contribution in [-0.2, 0) is 0 Å². The molecule has 3 aromatic rings. The van der Waals surface area contributed by atoms with Crippen LogP contribution in [0.4, 0.5) is 0 Å². The van der Waals surface area contributed by atoms with E-state index in [0.717, 1.165) is 0 Å². The minimum atomic E-state index is -0.659. The molecule has 152 valence electrons. The molecule has 31 heavy (non-hydrogen) atoms. The number of rotatable bonds is 7. The molecule has 0 aliphatic rings. The van der Waals surface area contributed by atoms with Gasteiger partial charge in [0.25, 0.3) is 0 Å². The maximum absolute atomic E-state index is 12.5.